The number of hydrogen-bond acceptors (Lipinski definition) is 4. The van der Waals surface area contributed by atoms with Crippen LogP contribution in [-0.2, 0) is 16.9 Å². The van der Waals surface area contributed by atoms with Crippen LogP contribution in [0, 0.1) is 0 Å². The van der Waals surface area contributed by atoms with Gasteiger partial charge in [0.2, 0.25) is 5.91 Å². The molecule has 1 aromatic carbocycles. The summed E-state index contributed by atoms with van der Waals surface area (Å²) in [5.74, 6) is 1.06. The Morgan fingerprint density at radius 2 is 1.91 bits per heavy atom. The number of aromatic amines is 1. The van der Waals surface area contributed by atoms with Gasteiger partial charge in [0.15, 0.2) is 5.82 Å². The van der Waals surface area contributed by atoms with Crippen LogP contribution < -0.4 is 15.4 Å². The Balaban J connectivity index is 1.56. The number of methoxy groups -OCH3 is 1. The minimum Gasteiger partial charge on any atom is -0.495 e. The maximum atomic E-state index is 13.3. The molecule has 2 aromatic rings. The summed E-state index contributed by atoms with van der Waals surface area (Å²) in [5, 5.41) is 13.6. The zero-order valence-corrected chi connectivity index (χ0v) is 21.8. The van der Waals surface area contributed by atoms with Gasteiger partial charge in [-0.15, -0.1) is 0 Å². The van der Waals surface area contributed by atoms with Crippen LogP contribution in [0.2, 0.25) is 29.7 Å². The number of H-pyrrole nitrogens is 1. The molecule has 1 fully saturated rings. The Morgan fingerprint density at radius 1 is 1.21 bits per heavy atom. The summed E-state index contributed by atoms with van der Waals surface area (Å²) in [7, 11) is -0.183. The highest BCUT2D eigenvalue weighted by atomic mass is 35.5. The van der Waals surface area contributed by atoms with Crippen molar-refractivity contribution in [3.63, 3.8) is 0 Å². The quantitative estimate of drug-likeness (QED) is 0.479. The van der Waals surface area contributed by atoms with E-state index in [0.717, 1.165) is 30.5 Å². The number of halogens is 1. The summed E-state index contributed by atoms with van der Waals surface area (Å²) in [6.45, 7) is 11.0. The van der Waals surface area contributed by atoms with Crippen LogP contribution in [0.5, 0.6) is 5.75 Å². The highest BCUT2D eigenvalue weighted by molar-refractivity contribution is 6.83. The summed E-state index contributed by atoms with van der Waals surface area (Å²) in [4.78, 5) is 28.3. The fourth-order valence-corrected chi connectivity index (χ4v) is 7.80. The van der Waals surface area contributed by atoms with E-state index < -0.39 is 13.6 Å². The Hall–Kier alpha value is -2.52. The maximum Gasteiger partial charge on any atom is 0.323 e. The standard InChI is InChI=1S/C23H32ClN5O3Si/c1-22(2)18-14(13-29(22)21(31)25-17-15(24)9-7-10-16(17)32-3)19(28-27-18)26-20(30)23(11-8-12-23)33(4,5)6/h7,9-10H,8,11-13H2,1-6H3,(H,25,31)(H2,26,27,28,30). The number of benzene rings is 1. The minimum absolute atomic E-state index is 0.0590. The van der Waals surface area contributed by atoms with Crippen molar-refractivity contribution in [1.82, 2.24) is 15.1 Å². The van der Waals surface area contributed by atoms with Crippen LogP contribution in [0.4, 0.5) is 16.3 Å². The number of amides is 3. The predicted molar refractivity (Wildman–Crippen MR) is 133 cm³/mol. The average molecular weight is 490 g/mol. The van der Waals surface area contributed by atoms with Crippen molar-refractivity contribution < 1.29 is 14.3 Å². The molecule has 1 aliphatic heterocycles. The first-order chi connectivity index (χ1) is 15.4. The van der Waals surface area contributed by atoms with E-state index in [4.69, 9.17) is 16.3 Å². The molecule has 3 N–H and O–H groups in total. The van der Waals surface area contributed by atoms with Crippen molar-refractivity contribution in [1.29, 1.82) is 0 Å². The molecule has 178 valence electrons. The van der Waals surface area contributed by atoms with E-state index in [-0.39, 0.29) is 17.0 Å². The zero-order chi connectivity index (χ0) is 24.2. The molecular formula is C23H32ClN5O3Si. The van der Waals surface area contributed by atoms with Crippen molar-refractivity contribution in [3.05, 3.63) is 34.5 Å². The molecular weight excluding hydrogens is 458 g/mol. The third-order valence-electron chi connectivity index (χ3n) is 7.45. The van der Waals surface area contributed by atoms with Gasteiger partial charge in [0.25, 0.3) is 0 Å². The lowest BCUT2D eigenvalue weighted by molar-refractivity contribution is -0.121. The normalized spacial score (nSPS) is 18.3. The molecule has 0 bridgehead atoms. The van der Waals surface area contributed by atoms with Gasteiger partial charge in [-0.2, -0.15) is 5.10 Å². The molecule has 1 saturated carbocycles. The molecule has 10 heteroatoms. The molecule has 8 nitrogen and oxygen atoms in total. The smallest absolute Gasteiger partial charge is 0.323 e. The molecule has 0 spiro atoms. The number of hydrogen-bond donors (Lipinski definition) is 3. The number of fused-ring (bicyclic) bond motifs is 1. The van der Waals surface area contributed by atoms with E-state index in [1.807, 2.05) is 13.8 Å². The number of para-hydroxylation sites is 1. The summed E-state index contributed by atoms with van der Waals surface area (Å²) in [6, 6.07) is 4.89. The van der Waals surface area contributed by atoms with Crippen LogP contribution in [0.25, 0.3) is 0 Å². The van der Waals surface area contributed by atoms with Gasteiger partial charge >= 0.3 is 6.03 Å². The van der Waals surface area contributed by atoms with E-state index in [0.29, 0.717) is 28.8 Å². The second kappa shape index (κ2) is 8.05. The van der Waals surface area contributed by atoms with E-state index in [2.05, 4.69) is 40.5 Å². The number of carbonyl (C=O) groups is 2. The molecule has 3 amide bonds. The van der Waals surface area contributed by atoms with Crippen LogP contribution in [0.1, 0.15) is 44.4 Å². The number of aromatic nitrogens is 2. The monoisotopic (exact) mass is 489 g/mol. The number of nitrogens with one attached hydrogen (secondary N) is 3. The number of carbonyl (C=O) groups excluding carboxylic acids is 2. The molecule has 33 heavy (non-hydrogen) atoms. The SMILES string of the molecule is COc1cccc(Cl)c1NC(=O)N1Cc2c(NC(=O)C3([Si](C)(C)C)CCC3)n[nH]c2C1(C)C. The van der Waals surface area contributed by atoms with Crippen molar-refractivity contribution in [2.24, 2.45) is 0 Å². The molecule has 1 aromatic heterocycles. The topological polar surface area (TPSA) is 99.3 Å². The minimum atomic E-state index is -1.71. The molecule has 2 heterocycles. The van der Waals surface area contributed by atoms with Gasteiger partial charge in [-0.3, -0.25) is 9.89 Å². The summed E-state index contributed by atoms with van der Waals surface area (Å²) in [6.07, 6.45) is 2.95. The van der Waals surface area contributed by atoms with Crippen molar-refractivity contribution >= 4 is 43.1 Å². The fraction of sp³-hybridized carbons (Fsp3) is 0.522. The molecule has 2 aliphatic rings. The second-order valence-electron chi connectivity index (χ2n) is 10.5. The summed E-state index contributed by atoms with van der Waals surface area (Å²) >= 11 is 6.31. The largest absolute Gasteiger partial charge is 0.495 e. The van der Waals surface area contributed by atoms with Gasteiger partial charge in [0.1, 0.15) is 11.4 Å². The summed E-state index contributed by atoms with van der Waals surface area (Å²) < 4.78 is 5.35. The van der Waals surface area contributed by atoms with E-state index in [9.17, 15) is 9.59 Å². The molecule has 0 unspecified atom stereocenters. The van der Waals surface area contributed by atoms with Gasteiger partial charge in [0.05, 0.1) is 38.0 Å². The summed E-state index contributed by atoms with van der Waals surface area (Å²) in [5.41, 5.74) is 1.41. The van der Waals surface area contributed by atoms with E-state index >= 15 is 0 Å². The first-order valence-electron chi connectivity index (χ1n) is 11.2. The number of ether oxygens (including phenoxy) is 1. The highest BCUT2D eigenvalue weighted by Crippen LogP contribution is 2.56. The van der Waals surface area contributed by atoms with Gasteiger partial charge < -0.3 is 20.3 Å². The first-order valence-corrected chi connectivity index (χ1v) is 15.1. The van der Waals surface area contributed by atoms with Gasteiger partial charge in [-0.25, -0.2) is 4.79 Å². The van der Waals surface area contributed by atoms with E-state index in [1.165, 1.54) is 7.11 Å². The Bertz CT molecular complexity index is 1100. The van der Waals surface area contributed by atoms with Crippen molar-refractivity contribution in [2.75, 3.05) is 17.7 Å². The fourth-order valence-electron chi connectivity index (χ4n) is 4.99. The Morgan fingerprint density at radius 3 is 2.48 bits per heavy atom. The van der Waals surface area contributed by atoms with Crippen LogP contribution in [0.3, 0.4) is 0 Å². The van der Waals surface area contributed by atoms with Crippen molar-refractivity contribution in [2.45, 2.75) is 69.9 Å². The Kier molecular flexibility index (Phi) is 5.77. The Labute approximate surface area is 200 Å². The number of urea groups is 1. The van der Waals surface area contributed by atoms with E-state index in [1.54, 1.807) is 23.1 Å². The molecule has 0 radical (unpaired) electrons. The number of nitrogens with zero attached hydrogens (tertiary/aromatic N) is 2. The second-order valence-corrected chi connectivity index (χ2v) is 16.3. The first kappa shape index (κ1) is 23.6. The zero-order valence-electron chi connectivity index (χ0n) is 20.1. The van der Waals surface area contributed by atoms with Crippen molar-refractivity contribution in [3.8, 4) is 5.75 Å². The number of anilines is 2. The highest BCUT2D eigenvalue weighted by Gasteiger charge is 2.54. The van der Waals surface area contributed by atoms with Crippen LogP contribution in [-0.4, -0.2) is 42.2 Å². The average Bonchev–Trinajstić information content (AvgIpc) is 3.19. The maximum absolute atomic E-state index is 13.3. The lowest BCUT2D eigenvalue weighted by atomic mass is 9.83. The molecule has 4 rings (SSSR count). The van der Waals surface area contributed by atoms with Crippen LogP contribution in [0.15, 0.2) is 18.2 Å². The third kappa shape index (κ3) is 3.71. The lowest BCUT2D eigenvalue weighted by Gasteiger charge is -2.48. The lowest BCUT2D eigenvalue weighted by Crippen LogP contribution is -2.52. The molecule has 0 atom stereocenters. The van der Waals surface area contributed by atoms with Gasteiger partial charge in [-0.05, 0) is 38.8 Å². The molecule has 0 saturated heterocycles. The van der Waals surface area contributed by atoms with Crippen LogP contribution >= 0.6 is 11.6 Å². The third-order valence-corrected chi connectivity index (χ3v) is 11.4. The number of rotatable bonds is 5. The molecule has 1 aliphatic carbocycles. The predicted octanol–water partition coefficient (Wildman–Crippen LogP) is 5.56. The van der Waals surface area contributed by atoms with Gasteiger partial charge in [-0.1, -0.05) is 43.7 Å². The van der Waals surface area contributed by atoms with Gasteiger partial charge in [0, 0.05) is 10.6 Å².